The maximum atomic E-state index is 14.4. The number of anilines is 2. The Hall–Kier alpha value is -3.43. The molecular weight excluding hydrogens is 384 g/mol. The lowest BCUT2D eigenvalue weighted by Gasteiger charge is -2.13. The van der Waals surface area contributed by atoms with Crippen molar-refractivity contribution in [3.8, 4) is 17.2 Å². The molecule has 0 spiro atoms. The maximum absolute atomic E-state index is 14.4. The van der Waals surface area contributed by atoms with Crippen LogP contribution in [0.1, 0.15) is 18.9 Å². The molecule has 29 heavy (non-hydrogen) atoms. The Morgan fingerprint density at radius 2 is 1.69 bits per heavy atom. The van der Waals surface area contributed by atoms with E-state index in [-0.39, 0.29) is 29.4 Å². The van der Waals surface area contributed by atoms with Crippen molar-refractivity contribution in [2.45, 2.75) is 26.5 Å². The number of halogens is 2. The van der Waals surface area contributed by atoms with E-state index in [9.17, 15) is 8.78 Å². The molecule has 8 nitrogen and oxygen atoms in total. The number of benzene rings is 1. The molecule has 0 aliphatic carbocycles. The Morgan fingerprint density at radius 1 is 1.03 bits per heavy atom. The highest BCUT2D eigenvalue weighted by Crippen LogP contribution is 2.31. The molecule has 3 aromatic rings. The Morgan fingerprint density at radius 3 is 2.28 bits per heavy atom. The van der Waals surface area contributed by atoms with E-state index in [0.29, 0.717) is 5.95 Å². The van der Waals surface area contributed by atoms with E-state index in [0.717, 1.165) is 24.7 Å². The molecule has 2 aromatic heterocycles. The van der Waals surface area contributed by atoms with E-state index < -0.39 is 11.6 Å². The summed E-state index contributed by atoms with van der Waals surface area (Å²) in [6.07, 6.45) is 7.30. The fourth-order valence-corrected chi connectivity index (χ4v) is 2.58. The number of rotatable bonds is 9. The molecule has 0 fully saturated rings. The van der Waals surface area contributed by atoms with Crippen LogP contribution in [0.2, 0.25) is 0 Å². The molecule has 2 heterocycles. The smallest absolute Gasteiger partial charge is 0.227 e. The molecule has 3 rings (SSSR count). The summed E-state index contributed by atoms with van der Waals surface area (Å²) in [4.78, 5) is 8.27. The van der Waals surface area contributed by atoms with E-state index in [1.165, 1.54) is 26.6 Å². The number of aryl methyl sites for hydroxylation is 1. The normalized spacial score (nSPS) is 10.7. The summed E-state index contributed by atoms with van der Waals surface area (Å²) < 4.78 is 45.8. The summed E-state index contributed by atoms with van der Waals surface area (Å²) in [6.45, 7) is 2.50. The summed E-state index contributed by atoms with van der Waals surface area (Å²) in [6, 6.07) is 1.14. The van der Waals surface area contributed by atoms with Gasteiger partial charge in [-0.2, -0.15) is 5.10 Å². The average Bonchev–Trinajstić information content (AvgIpc) is 3.16. The van der Waals surface area contributed by atoms with Crippen LogP contribution in [-0.4, -0.2) is 34.0 Å². The molecule has 0 amide bonds. The Kier molecular flexibility index (Phi) is 6.43. The van der Waals surface area contributed by atoms with E-state index in [4.69, 9.17) is 14.2 Å². The summed E-state index contributed by atoms with van der Waals surface area (Å²) in [5, 5.41) is 7.23. The number of nitrogens with one attached hydrogen (secondary N) is 1. The molecule has 0 saturated heterocycles. The van der Waals surface area contributed by atoms with Crippen LogP contribution in [0.25, 0.3) is 0 Å². The molecule has 0 unspecified atom stereocenters. The second-order valence-corrected chi connectivity index (χ2v) is 6.04. The van der Waals surface area contributed by atoms with Crippen LogP contribution in [0.3, 0.4) is 0 Å². The second kappa shape index (κ2) is 9.18. The van der Waals surface area contributed by atoms with Crippen molar-refractivity contribution < 1.29 is 23.0 Å². The number of nitrogens with zero attached hydrogens (tertiary/aromatic N) is 4. The van der Waals surface area contributed by atoms with Crippen molar-refractivity contribution in [3.63, 3.8) is 0 Å². The lowest BCUT2D eigenvalue weighted by atomic mass is 10.1. The number of hydrogen-bond donors (Lipinski definition) is 1. The third kappa shape index (κ3) is 4.71. The predicted octanol–water partition coefficient (Wildman–Crippen LogP) is 3.70. The molecule has 10 heteroatoms. The number of methoxy groups -OCH3 is 2. The molecule has 1 N–H and O–H groups in total. The molecule has 0 aliphatic rings. The van der Waals surface area contributed by atoms with E-state index in [2.05, 4.69) is 27.3 Å². The maximum Gasteiger partial charge on any atom is 0.227 e. The van der Waals surface area contributed by atoms with Gasteiger partial charge >= 0.3 is 0 Å². The van der Waals surface area contributed by atoms with Gasteiger partial charge in [0, 0.05) is 18.8 Å². The SMILES string of the molecule is CCCn1cc(Nc2ncc(OCc3c(F)c(OC)cc(OC)c3F)cn2)cn1. The summed E-state index contributed by atoms with van der Waals surface area (Å²) in [7, 11) is 2.57. The van der Waals surface area contributed by atoms with Crippen LogP contribution < -0.4 is 19.5 Å². The zero-order valence-electron chi connectivity index (χ0n) is 16.3. The molecule has 0 atom stereocenters. The van der Waals surface area contributed by atoms with Gasteiger partial charge in [0.2, 0.25) is 5.95 Å². The van der Waals surface area contributed by atoms with Gasteiger partial charge in [-0.05, 0) is 6.42 Å². The van der Waals surface area contributed by atoms with Gasteiger partial charge in [0.05, 0.1) is 44.1 Å². The largest absolute Gasteiger partial charge is 0.494 e. The Bertz CT molecular complexity index is 935. The van der Waals surface area contributed by atoms with Gasteiger partial charge in [0.25, 0.3) is 0 Å². The van der Waals surface area contributed by atoms with Gasteiger partial charge in [-0.3, -0.25) is 4.68 Å². The minimum Gasteiger partial charge on any atom is -0.494 e. The van der Waals surface area contributed by atoms with Crippen LogP contribution in [0.4, 0.5) is 20.4 Å². The first-order chi connectivity index (χ1) is 14.0. The number of ether oxygens (including phenoxy) is 3. The fourth-order valence-electron chi connectivity index (χ4n) is 2.58. The van der Waals surface area contributed by atoms with Gasteiger partial charge in [0.1, 0.15) is 6.61 Å². The van der Waals surface area contributed by atoms with E-state index >= 15 is 0 Å². The fraction of sp³-hybridized carbons (Fsp3) is 0.316. The van der Waals surface area contributed by atoms with Crippen molar-refractivity contribution >= 4 is 11.6 Å². The molecule has 0 bridgehead atoms. The summed E-state index contributed by atoms with van der Waals surface area (Å²) in [5.74, 6) is -1.39. The van der Waals surface area contributed by atoms with Crippen molar-refractivity contribution in [1.82, 2.24) is 19.7 Å². The first kappa shape index (κ1) is 20.3. The number of aromatic nitrogens is 4. The van der Waals surface area contributed by atoms with E-state index in [1.54, 1.807) is 6.20 Å². The second-order valence-electron chi connectivity index (χ2n) is 6.04. The number of hydrogen-bond acceptors (Lipinski definition) is 7. The lowest BCUT2D eigenvalue weighted by Crippen LogP contribution is -2.06. The zero-order chi connectivity index (χ0) is 20.8. The zero-order valence-corrected chi connectivity index (χ0v) is 16.3. The Balaban J connectivity index is 1.67. The van der Waals surface area contributed by atoms with Gasteiger partial charge in [-0.25, -0.2) is 18.7 Å². The minimum atomic E-state index is -0.853. The highest BCUT2D eigenvalue weighted by atomic mass is 19.1. The molecule has 0 saturated carbocycles. The van der Waals surface area contributed by atoms with Crippen molar-refractivity contribution in [1.29, 1.82) is 0 Å². The molecular formula is C19H21F2N5O3. The predicted molar refractivity (Wildman–Crippen MR) is 102 cm³/mol. The lowest BCUT2D eigenvalue weighted by molar-refractivity contribution is 0.280. The average molecular weight is 405 g/mol. The first-order valence-corrected chi connectivity index (χ1v) is 8.88. The molecule has 0 radical (unpaired) electrons. The van der Waals surface area contributed by atoms with Crippen LogP contribution in [0.5, 0.6) is 17.2 Å². The standard InChI is InChI=1S/C19H21F2N5O3/c1-4-5-26-10-12(7-24-26)25-19-22-8-13(9-23-19)29-11-14-17(20)15(27-2)6-16(28-3)18(14)21/h6-10H,4-5,11H2,1-3H3,(H,22,23,25). The highest BCUT2D eigenvalue weighted by molar-refractivity contribution is 5.50. The Labute approximate surface area is 166 Å². The summed E-state index contributed by atoms with van der Waals surface area (Å²) in [5.41, 5.74) is 0.437. The van der Waals surface area contributed by atoms with Crippen molar-refractivity contribution in [2.75, 3.05) is 19.5 Å². The van der Waals surface area contributed by atoms with Crippen LogP contribution in [0, 0.1) is 11.6 Å². The highest BCUT2D eigenvalue weighted by Gasteiger charge is 2.20. The van der Waals surface area contributed by atoms with Gasteiger partial charge in [-0.1, -0.05) is 6.92 Å². The van der Waals surface area contributed by atoms with Crippen LogP contribution in [0.15, 0.2) is 30.9 Å². The monoisotopic (exact) mass is 405 g/mol. The van der Waals surface area contributed by atoms with Gasteiger partial charge in [-0.15, -0.1) is 0 Å². The third-order valence-corrected chi connectivity index (χ3v) is 4.02. The summed E-state index contributed by atoms with van der Waals surface area (Å²) >= 11 is 0. The molecule has 1 aromatic carbocycles. The van der Waals surface area contributed by atoms with E-state index in [1.807, 2.05) is 10.9 Å². The van der Waals surface area contributed by atoms with Gasteiger partial charge < -0.3 is 19.5 Å². The topological polar surface area (TPSA) is 83.3 Å². The minimum absolute atomic E-state index is 0.138. The van der Waals surface area contributed by atoms with Crippen LogP contribution in [-0.2, 0) is 13.2 Å². The quantitative estimate of drug-likeness (QED) is 0.581. The molecule has 154 valence electrons. The van der Waals surface area contributed by atoms with Crippen LogP contribution >= 0.6 is 0 Å². The first-order valence-electron chi connectivity index (χ1n) is 8.88. The van der Waals surface area contributed by atoms with Crippen molar-refractivity contribution in [3.05, 3.63) is 48.1 Å². The third-order valence-electron chi connectivity index (χ3n) is 4.02. The molecule has 0 aliphatic heterocycles. The van der Waals surface area contributed by atoms with Crippen molar-refractivity contribution in [2.24, 2.45) is 0 Å². The van der Waals surface area contributed by atoms with Gasteiger partial charge in [0.15, 0.2) is 28.9 Å².